The fraction of sp³-hybridized carbons (Fsp3) is 0.0952. The molecule has 2 heterocycles. The first-order chi connectivity index (χ1) is 13.2. The Kier molecular flexibility index (Phi) is 3.43. The fourth-order valence-electron chi connectivity index (χ4n) is 3.71. The molecule has 0 saturated heterocycles. The van der Waals surface area contributed by atoms with E-state index in [1.165, 1.54) is 0 Å². The van der Waals surface area contributed by atoms with Crippen molar-refractivity contribution in [3.8, 4) is 11.3 Å². The molecule has 2 N–H and O–H groups in total. The lowest BCUT2D eigenvalue weighted by molar-refractivity contribution is 0.0950. The normalized spacial score (nSPS) is 12.0. The van der Waals surface area contributed by atoms with Crippen LogP contribution in [-0.2, 0) is 13.0 Å². The van der Waals surface area contributed by atoms with Crippen LogP contribution in [0.2, 0.25) is 0 Å². The van der Waals surface area contributed by atoms with Crippen LogP contribution < -0.4 is 10.9 Å². The zero-order valence-electron chi connectivity index (χ0n) is 14.4. The second-order valence-electron chi connectivity index (χ2n) is 6.57. The number of amides is 1. The summed E-state index contributed by atoms with van der Waals surface area (Å²) < 4.78 is 1.81. The van der Waals surface area contributed by atoms with Crippen LogP contribution in [0.25, 0.3) is 16.9 Å². The zero-order chi connectivity index (χ0) is 18.4. The van der Waals surface area contributed by atoms with Crippen LogP contribution >= 0.6 is 0 Å². The van der Waals surface area contributed by atoms with Crippen molar-refractivity contribution in [2.45, 2.75) is 13.0 Å². The molecule has 0 spiro atoms. The van der Waals surface area contributed by atoms with Gasteiger partial charge < -0.3 is 10.3 Å². The summed E-state index contributed by atoms with van der Waals surface area (Å²) in [5.74, 6) is -0.118. The first kappa shape index (κ1) is 15.6. The van der Waals surface area contributed by atoms with Crippen molar-refractivity contribution < 1.29 is 4.79 Å². The second kappa shape index (κ2) is 5.95. The van der Waals surface area contributed by atoms with E-state index in [1.807, 2.05) is 48.5 Å². The van der Waals surface area contributed by atoms with Crippen molar-refractivity contribution in [2.24, 2.45) is 0 Å². The van der Waals surface area contributed by atoms with Gasteiger partial charge in [0.2, 0.25) is 5.65 Å². The van der Waals surface area contributed by atoms with E-state index in [9.17, 15) is 9.59 Å². The van der Waals surface area contributed by atoms with Crippen molar-refractivity contribution in [3.05, 3.63) is 93.7 Å². The number of carbonyl (C=O) groups is 1. The van der Waals surface area contributed by atoms with E-state index in [0.717, 1.165) is 28.1 Å². The maximum Gasteiger partial charge on any atom is 0.292 e. The Labute approximate surface area is 154 Å². The topological polar surface area (TPSA) is 79.3 Å². The summed E-state index contributed by atoms with van der Waals surface area (Å²) in [6.45, 7) is 0.471. The molecule has 1 amide bonds. The molecule has 0 aliphatic heterocycles. The van der Waals surface area contributed by atoms with Crippen LogP contribution in [0.5, 0.6) is 0 Å². The lowest BCUT2D eigenvalue weighted by Gasteiger charge is -2.09. The highest BCUT2D eigenvalue weighted by Crippen LogP contribution is 2.36. The Morgan fingerprint density at radius 1 is 1.15 bits per heavy atom. The summed E-state index contributed by atoms with van der Waals surface area (Å²) in [7, 11) is 0. The predicted octanol–water partition coefficient (Wildman–Crippen LogP) is 2.52. The number of hydrogen-bond acceptors (Lipinski definition) is 3. The van der Waals surface area contributed by atoms with E-state index in [0.29, 0.717) is 24.2 Å². The van der Waals surface area contributed by atoms with Gasteiger partial charge in [-0.3, -0.25) is 14.0 Å². The first-order valence-corrected chi connectivity index (χ1v) is 8.75. The number of rotatable bonds is 3. The maximum absolute atomic E-state index is 12.8. The minimum Gasteiger partial charge on any atom is -0.348 e. The summed E-state index contributed by atoms with van der Waals surface area (Å²) in [4.78, 5) is 32.1. The lowest BCUT2D eigenvalue weighted by Crippen LogP contribution is -2.24. The van der Waals surface area contributed by atoms with E-state index >= 15 is 0 Å². The second-order valence-corrected chi connectivity index (χ2v) is 6.57. The summed E-state index contributed by atoms with van der Waals surface area (Å²) in [5, 5.41) is 2.99. The summed E-state index contributed by atoms with van der Waals surface area (Å²) in [5.41, 5.74) is 5.35. The van der Waals surface area contributed by atoms with Gasteiger partial charge in [-0.1, -0.05) is 42.5 Å². The number of aromatic amines is 1. The molecule has 1 aliphatic carbocycles. The number of nitrogens with zero attached hydrogens (tertiary/aromatic N) is 2. The Bertz CT molecular complexity index is 1240. The lowest BCUT2D eigenvalue weighted by atomic mass is 10.0. The molecule has 0 fully saturated rings. The number of H-pyrrole nitrogens is 1. The molecular weight excluding hydrogens is 340 g/mol. The Morgan fingerprint density at radius 2 is 2.00 bits per heavy atom. The molecule has 27 heavy (non-hydrogen) atoms. The van der Waals surface area contributed by atoms with E-state index in [2.05, 4.69) is 15.3 Å². The molecule has 0 bridgehead atoms. The molecule has 0 radical (unpaired) electrons. The summed E-state index contributed by atoms with van der Waals surface area (Å²) in [6, 6.07) is 15.4. The average Bonchev–Trinajstić information content (AvgIpc) is 3.32. The average molecular weight is 356 g/mol. The van der Waals surface area contributed by atoms with Crippen LogP contribution in [0.1, 0.15) is 27.2 Å². The number of nitrogens with one attached hydrogen (secondary N) is 2. The third kappa shape index (κ3) is 2.45. The van der Waals surface area contributed by atoms with Crippen LogP contribution in [0, 0.1) is 0 Å². The van der Waals surface area contributed by atoms with E-state index in [4.69, 9.17) is 0 Å². The largest absolute Gasteiger partial charge is 0.348 e. The van der Waals surface area contributed by atoms with E-state index in [1.54, 1.807) is 16.8 Å². The van der Waals surface area contributed by atoms with Crippen LogP contribution in [-0.4, -0.2) is 20.3 Å². The van der Waals surface area contributed by atoms with Gasteiger partial charge in [-0.25, -0.2) is 4.98 Å². The molecule has 5 rings (SSSR count). The predicted molar refractivity (Wildman–Crippen MR) is 102 cm³/mol. The minimum atomic E-state index is -0.231. The van der Waals surface area contributed by atoms with Crippen molar-refractivity contribution in [1.29, 1.82) is 0 Å². The molecule has 1 aliphatic rings. The van der Waals surface area contributed by atoms with Gasteiger partial charge in [-0.15, -0.1) is 0 Å². The molecule has 0 saturated carbocycles. The highest BCUT2D eigenvalue weighted by molar-refractivity contribution is 5.98. The summed E-state index contributed by atoms with van der Waals surface area (Å²) in [6.07, 6.45) is 3.97. The van der Waals surface area contributed by atoms with Gasteiger partial charge in [-0.2, -0.15) is 0 Å². The number of carbonyl (C=O) groups excluding carboxylic acids is 1. The van der Waals surface area contributed by atoms with Crippen LogP contribution in [0.4, 0.5) is 0 Å². The van der Waals surface area contributed by atoms with Gasteiger partial charge in [0.25, 0.3) is 11.5 Å². The van der Waals surface area contributed by atoms with Gasteiger partial charge in [0.05, 0.1) is 11.4 Å². The SMILES string of the molecule is O=C(NCc1ccccc1)c1cccc2c1Cc1c-2[nH]c(=O)c2nccn12. The zero-order valence-corrected chi connectivity index (χ0v) is 14.4. The van der Waals surface area contributed by atoms with E-state index in [-0.39, 0.29) is 11.5 Å². The summed E-state index contributed by atoms with van der Waals surface area (Å²) >= 11 is 0. The van der Waals surface area contributed by atoms with Gasteiger partial charge in [0.1, 0.15) is 0 Å². The van der Waals surface area contributed by atoms with Crippen molar-refractivity contribution in [1.82, 2.24) is 19.7 Å². The molecule has 6 heteroatoms. The number of hydrogen-bond donors (Lipinski definition) is 2. The van der Waals surface area contributed by atoms with Gasteiger partial charge in [0.15, 0.2) is 0 Å². The van der Waals surface area contributed by atoms with E-state index < -0.39 is 0 Å². The first-order valence-electron chi connectivity index (χ1n) is 8.75. The molecule has 0 atom stereocenters. The third-order valence-electron chi connectivity index (χ3n) is 4.99. The molecule has 0 unspecified atom stereocenters. The number of imidazole rings is 1. The highest BCUT2D eigenvalue weighted by Gasteiger charge is 2.27. The quantitative estimate of drug-likeness (QED) is 0.521. The molecular formula is C21H16N4O2. The molecule has 2 aromatic carbocycles. The van der Waals surface area contributed by atoms with Gasteiger partial charge in [0, 0.05) is 36.5 Å². The number of aromatic nitrogens is 3. The highest BCUT2D eigenvalue weighted by atomic mass is 16.1. The molecule has 132 valence electrons. The maximum atomic E-state index is 12.8. The minimum absolute atomic E-state index is 0.118. The van der Waals surface area contributed by atoms with Crippen molar-refractivity contribution in [2.75, 3.05) is 0 Å². The third-order valence-corrected chi connectivity index (χ3v) is 4.99. The number of benzene rings is 2. The fourth-order valence-corrected chi connectivity index (χ4v) is 3.71. The number of fused-ring (bicyclic) bond motifs is 5. The monoisotopic (exact) mass is 356 g/mol. The Hall–Kier alpha value is -3.67. The Morgan fingerprint density at radius 3 is 2.85 bits per heavy atom. The van der Waals surface area contributed by atoms with Gasteiger partial charge >= 0.3 is 0 Å². The molecule has 2 aromatic heterocycles. The van der Waals surface area contributed by atoms with Gasteiger partial charge in [-0.05, 0) is 17.2 Å². The molecule has 4 aromatic rings. The van der Waals surface area contributed by atoms with Crippen molar-refractivity contribution in [3.63, 3.8) is 0 Å². The van der Waals surface area contributed by atoms with Crippen molar-refractivity contribution >= 4 is 11.6 Å². The molecule has 6 nitrogen and oxygen atoms in total. The smallest absolute Gasteiger partial charge is 0.292 e. The van der Waals surface area contributed by atoms with Crippen LogP contribution in [0.15, 0.2) is 65.7 Å². The standard InChI is InChI=1S/C21H16N4O2/c26-20(23-12-13-5-2-1-3-6-13)15-8-4-7-14-16(15)11-17-18(14)24-21(27)19-22-9-10-25(17)19/h1-10H,11-12H2,(H,23,26)(H,24,27). The van der Waals surface area contributed by atoms with Crippen LogP contribution in [0.3, 0.4) is 0 Å². The Balaban J connectivity index is 1.52.